The Morgan fingerprint density at radius 2 is 2.14 bits per heavy atom. The number of aromatic amines is 1. The van der Waals surface area contributed by atoms with E-state index in [0.29, 0.717) is 37.8 Å². The molecular weight excluding hydrogens is 292 g/mol. The molecular formula is C14H16N2O4S. The Kier molecular flexibility index (Phi) is 4.23. The van der Waals surface area contributed by atoms with Crippen LogP contribution < -0.4 is 19.7 Å². The molecule has 2 heterocycles. The van der Waals surface area contributed by atoms with Crippen LogP contribution >= 0.6 is 11.3 Å². The predicted octanol–water partition coefficient (Wildman–Crippen LogP) is 1.03. The van der Waals surface area contributed by atoms with Gasteiger partial charge in [-0.2, -0.15) is 0 Å². The van der Waals surface area contributed by atoms with Crippen LogP contribution in [0.15, 0.2) is 28.4 Å². The molecule has 1 aliphatic heterocycles. The van der Waals surface area contributed by atoms with Crippen molar-refractivity contribution in [3.05, 3.63) is 44.5 Å². The number of aromatic nitrogens is 1. The molecule has 3 rings (SSSR count). The molecule has 3 N–H and O–H groups in total. The summed E-state index contributed by atoms with van der Waals surface area (Å²) in [5.41, 5.74) is 1.59. The van der Waals surface area contributed by atoms with Crippen molar-refractivity contribution < 1.29 is 14.6 Å². The highest BCUT2D eigenvalue weighted by Crippen LogP contribution is 2.32. The monoisotopic (exact) mass is 308 g/mol. The third-order valence-corrected chi connectivity index (χ3v) is 3.89. The minimum Gasteiger partial charge on any atom is -0.486 e. The van der Waals surface area contributed by atoms with Crippen molar-refractivity contribution in [3.63, 3.8) is 0 Å². The zero-order valence-electron chi connectivity index (χ0n) is 11.3. The smallest absolute Gasteiger partial charge is 0.304 e. The van der Waals surface area contributed by atoms with Crippen LogP contribution in [0.5, 0.6) is 11.5 Å². The Hall–Kier alpha value is -1.83. The Balaban J connectivity index is 1.57. The lowest BCUT2D eigenvalue weighted by Gasteiger charge is -2.20. The Morgan fingerprint density at radius 3 is 2.90 bits per heavy atom. The van der Waals surface area contributed by atoms with Gasteiger partial charge < -0.3 is 24.9 Å². The summed E-state index contributed by atoms with van der Waals surface area (Å²) < 4.78 is 10.9. The van der Waals surface area contributed by atoms with Crippen molar-refractivity contribution in [2.75, 3.05) is 19.8 Å². The van der Waals surface area contributed by atoms with Crippen molar-refractivity contribution in [1.29, 1.82) is 0 Å². The normalized spacial score (nSPS) is 14.9. The first-order valence-electron chi connectivity index (χ1n) is 6.67. The number of nitrogens with one attached hydrogen (secondary N) is 2. The second-order valence-corrected chi connectivity index (χ2v) is 5.57. The zero-order chi connectivity index (χ0) is 14.7. The van der Waals surface area contributed by atoms with Gasteiger partial charge in [-0.1, -0.05) is 17.4 Å². The number of fused-ring (bicyclic) bond motifs is 1. The van der Waals surface area contributed by atoms with Gasteiger partial charge in [0.15, 0.2) is 11.5 Å². The van der Waals surface area contributed by atoms with Gasteiger partial charge in [0.25, 0.3) is 0 Å². The molecule has 0 saturated heterocycles. The van der Waals surface area contributed by atoms with Crippen molar-refractivity contribution in [3.8, 4) is 11.5 Å². The molecule has 7 heteroatoms. The summed E-state index contributed by atoms with van der Waals surface area (Å²) in [4.78, 5) is 13.6. The molecule has 0 saturated carbocycles. The zero-order valence-corrected chi connectivity index (χ0v) is 12.1. The van der Waals surface area contributed by atoms with Gasteiger partial charge in [-0.25, -0.2) is 0 Å². The average molecular weight is 308 g/mol. The summed E-state index contributed by atoms with van der Waals surface area (Å²) in [5, 5.41) is 15.1. The lowest BCUT2D eigenvalue weighted by Crippen LogP contribution is -2.22. The van der Waals surface area contributed by atoms with Gasteiger partial charge in [0.1, 0.15) is 13.2 Å². The van der Waals surface area contributed by atoms with E-state index in [4.69, 9.17) is 9.47 Å². The maximum absolute atomic E-state index is 11.0. The van der Waals surface area contributed by atoms with Gasteiger partial charge in [-0.3, -0.25) is 4.79 Å². The number of hydrogen-bond acceptors (Lipinski definition) is 6. The number of H-pyrrole nitrogens is 1. The SMILES string of the molecule is O=c1[nH]c(CNCC(O)c2ccc3c(c2)OCCO3)cs1. The Bertz CT molecular complexity index is 667. The molecule has 112 valence electrons. The second kappa shape index (κ2) is 6.30. The molecule has 1 aromatic carbocycles. The molecule has 0 radical (unpaired) electrons. The third-order valence-electron chi connectivity index (χ3n) is 3.17. The highest BCUT2D eigenvalue weighted by molar-refractivity contribution is 7.07. The first-order chi connectivity index (χ1) is 10.2. The molecule has 0 fully saturated rings. The van der Waals surface area contributed by atoms with E-state index in [1.807, 2.05) is 12.1 Å². The Morgan fingerprint density at radius 1 is 1.33 bits per heavy atom. The van der Waals surface area contributed by atoms with E-state index in [2.05, 4.69) is 10.3 Å². The van der Waals surface area contributed by atoms with E-state index in [9.17, 15) is 9.90 Å². The van der Waals surface area contributed by atoms with Crippen LogP contribution in [-0.2, 0) is 6.54 Å². The van der Waals surface area contributed by atoms with E-state index in [-0.39, 0.29) is 4.87 Å². The van der Waals surface area contributed by atoms with Crippen molar-refractivity contribution in [2.45, 2.75) is 12.6 Å². The molecule has 0 spiro atoms. The first kappa shape index (κ1) is 14.1. The number of ether oxygens (including phenoxy) is 2. The molecule has 1 aromatic heterocycles. The van der Waals surface area contributed by atoms with Gasteiger partial charge in [0.05, 0.1) is 6.10 Å². The lowest BCUT2D eigenvalue weighted by molar-refractivity contribution is 0.163. The van der Waals surface area contributed by atoms with E-state index >= 15 is 0 Å². The molecule has 0 bridgehead atoms. The van der Waals surface area contributed by atoms with Gasteiger partial charge in [0, 0.05) is 24.2 Å². The van der Waals surface area contributed by atoms with Crippen LogP contribution in [0.4, 0.5) is 0 Å². The minimum absolute atomic E-state index is 0.0702. The first-order valence-corrected chi connectivity index (χ1v) is 7.55. The van der Waals surface area contributed by atoms with E-state index in [1.165, 1.54) is 0 Å². The van der Waals surface area contributed by atoms with Crippen LogP contribution in [-0.4, -0.2) is 29.8 Å². The largest absolute Gasteiger partial charge is 0.486 e. The molecule has 2 aromatic rings. The van der Waals surface area contributed by atoms with Crippen LogP contribution in [0.25, 0.3) is 0 Å². The minimum atomic E-state index is -0.647. The van der Waals surface area contributed by atoms with E-state index in [0.717, 1.165) is 22.6 Å². The van der Waals surface area contributed by atoms with Gasteiger partial charge in [0.2, 0.25) is 0 Å². The van der Waals surface area contributed by atoms with Gasteiger partial charge in [-0.15, -0.1) is 0 Å². The quantitative estimate of drug-likeness (QED) is 0.768. The van der Waals surface area contributed by atoms with Crippen LogP contribution in [0.1, 0.15) is 17.4 Å². The molecule has 0 amide bonds. The maximum atomic E-state index is 11.0. The Labute approximate surface area is 125 Å². The maximum Gasteiger partial charge on any atom is 0.304 e. The topological polar surface area (TPSA) is 83.6 Å². The number of thiazole rings is 1. The summed E-state index contributed by atoms with van der Waals surface area (Å²) in [6, 6.07) is 5.43. The van der Waals surface area contributed by atoms with Gasteiger partial charge >= 0.3 is 4.87 Å². The third kappa shape index (κ3) is 3.44. The fraction of sp³-hybridized carbons (Fsp3) is 0.357. The molecule has 1 unspecified atom stereocenters. The van der Waals surface area contributed by atoms with Crippen LogP contribution in [0.3, 0.4) is 0 Å². The summed E-state index contributed by atoms with van der Waals surface area (Å²) in [7, 11) is 0. The highest BCUT2D eigenvalue weighted by atomic mass is 32.1. The number of rotatable bonds is 5. The molecule has 1 atom stereocenters. The van der Waals surface area contributed by atoms with Crippen LogP contribution in [0.2, 0.25) is 0 Å². The average Bonchev–Trinajstić information content (AvgIpc) is 2.92. The van der Waals surface area contributed by atoms with Crippen molar-refractivity contribution >= 4 is 11.3 Å². The van der Waals surface area contributed by atoms with E-state index in [1.54, 1.807) is 11.4 Å². The predicted molar refractivity (Wildman–Crippen MR) is 79.0 cm³/mol. The summed E-state index contributed by atoms with van der Waals surface area (Å²) in [6.45, 7) is 1.98. The second-order valence-electron chi connectivity index (χ2n) is 4.72. The molecule has 21 heavy (non-hydrogen) atoms. The number of benzene rings is 1. The number of aliphatic hydroxyl groups excluding tert-OH is 1. The van der Waals surface area contributed by atoms with Crippen molar-refractivity contribution in [2.24, 2.45) is 0 Å². The van der Waals surface area contributed by atoms with Crippen LogP contribution in [0, 0.1) is 0 Å². The summed E-state index contributed by atoms with van der Waals surface area (Å²) in [6.07, 6.45) is -0.647. The number of hydrogen-bond donors (Lipinski definition) is 3. The molecule has 0 aliphatic carbocycles. The van der Waals surface area contributed by atoms with Gasteiger partial charge in [-0.05, 0) is 17.7 Å². The molecule has 6 nitrogen and oxygen atoms in total. The summed E-state index contributed by atoms with van der Waals surface area (Å²) >= 11 is 1.13. The molecule has 1 aliphatic rings. The lowest BCUT2D eigenvalue weighted by atomic mass is 10.1. The highest BCUT2D eigenvalue weighted by Gasteiger charge is 2.15. The van der Waals surface area contributed by atoms with E-state index < -0.39 is 6.10 Å². The fourth-order valence-electron chi connectivity index (χ4n) is 2.13. The van der Waals surface area contributed by atoms with Crippen molar-refractivity contribution in [1.82, 2.24) is 10.3 Å². The standard InChI is InChI=1S/C14H16N2O4S/c17-11(7-15-6-10-8-21-14(18)16-10)9-1-2-12-13(5-9)20-4-3-19-12/h1-2,5,8,11,15,17H,3-4,6-7H2,(H,16,18). The number of aliphatic hydroxyl groups is 1. The summed E-state index contributed by atoms with van der Waals surface area (Å²) in [5.74, 6) is 1.38. The fourth-order valence-corrected chi connectivity index (χ4v) is 2.71.